The number of rotatable bonds is 1. The van der Waals surface area contributed by atoms with Crippen LogP contribution in [-0.2, 0) is 23.3 Å². The van der Waals surface area contributed by atoms with Gasteiger partial charge < -0.3 is 0 Å². The van der Waals surface area contributed by atoms with Gasteiger partial charge in [0.25, 0.3) is 0 Å². The topological polar surface area (TPSA) is 0 Å². The minimum Gasteiger partial charge on any atom is -0.214 e. The molecule has 0 saturated heterocycles. The van der Waals surface area contributed by atoms with Crippen LogP contribution >= 0.6 is 36.4 Å². The molecule has 0 radical (unpaired) electrons. The van der Waals surface area contributed by atoms with Crippen LogP contribution in [0.3, 0.4) is 0 Å². The van der Waals surface area contributed by atoms with Gasteiger partial charge in [0.2, 0.25) is 0 Å². The van der Waals surface area contributed by atoms with Crippen molar-refractivity contribution in [3.8, 4) is 0 Å². The van der Waals surface area contributed by atoms with Gasteiger partial charge in [-0.15, -0.1) is 24.8 Å². The van der Waals surface area contributed by atoms with Crippen molar-refractivity contribution in [3.63, 3.8) is 0 Å². The zero-order chi connectivity index (χ0) is 10.5. The van der Waals surface area contributed by atoms with Crippen molar-refractivity contribution in [2.24, 2.45) is 0 Å². The molecule has 88 valence electrons. The maximum Gasteiger partial charge on any atom is -0.172 e. The van der Waals surface area contributed by atoms with Gasteiger partial charge in [-0.1, -0.05) is 0 Å². The predicted octanol–water partition coefficient (Wildman–Crippen LogP) is 3.74. The van der Waals surface area contributed by atoms with Gasteiger partial charge in [-0.25, -0.2) is 24.3 Å². The van der Waals surface area contributed by atoms with Crippen molar-refractivity contribution < 1.29 is 23.3 Å². The fraction of sp³-hybridized carbons (Fsp3) is 0.0909. The summed E-state index contributed by atoms with van der Waals surface area (Å²) >= 11 is 6.86. The van der Waals surface area contributed by atoms with Crippen LogP contribution in [0.15, 0.2) is 60.7 Å². The Labute approximate surface area is 131 Å². The SMILES string of the molecule is Cl.Cl.ClC[SiH]=[Zr+2].c1cc[cH-]c1.c1cc[cH-]c1. The summed E-state index contributed by atoms with van der Waals surface area (Å²) < 4.78 is 0. The van der Waals surface area contributed by atoms with Crippen LogP contribution in [0.1, 0.15) is 0 Å². The van der Waals surface area contributed by atoms with Crippen molar-refractivity contribution in [2.45, 2.75) is 0 Å². The molecular formula is C11H15Cl3SiZr. The van der Waals surface area contributed by atoms with Crippen LogP contribution in [-0.4, -0.2) is 11.7 Å². The first kappa shape index (κ1) is 21.9. The Balaban J connectivity index is -0.000000151. The molecular weight excluding hydrogens is 358 g/mol. The average molecular weight is 373 g/mol. The number of hydrogen-bond acceptors (Lipinski definition) is 0. The second-order valence-electron chi connectivity index (χ2n) is 2.28. The minimum atomic E-state index is 0. The van der Waals surface area contributed by atoms with E-state index in [1.165, 1.54) is 0 Å². The molecule has 0 saturated carbocycles. The minimum absolute atomic E-state index is 0. The van der Waals surface area contributed by atoms with Crippen LogP contribution in [0.5, 0.6) is 0 Å². The first-order valence-corrected chi connectivity index (χ1v) is 10.5. The van der Waals surface area contributed by atoms with Crippen LogP contribution in [0.25, 0.3) is 0 Å². The summed E-state index contributed by atoms with van der Waals surface area (Å²) in [7, 11) is 0. The van der Waals surface area contributed by atoms with E-state index >= 15 is 0 Å². The summed E-state index contributed by atoms with van der Waals surface area (Å²) in [6.45, 7) is 0. The van der Waals surface area contributed by atoms with Crippen molar-refractivity contribution in [2.75, 3.05) is 5.50 Å². The molecule has 0 amide bonds. The van der Waals surface area contributed by atoms with Crippen molar-refractivity contribution >= 4 is 42.6 Å². The molecule has 0 aliphatic heterocycles. The predicted molar refractivity (Wildman–Crippen MR) is 76.4 cm³/mol. The van der Waals surface area contributed by atoms with Crippen LogP contribution in [0.2, 0.25) is 0 Å². The molecule has 0 N–H and O–H groups in total. The molecule has 0 atom stereocenters. The third-order valence-electron chi connectivity index (χ3n) is 1.19. The molecule has 2 aromatic carbocycles. The zero-order valence-corrected chi connectivity index (χ0v) is 14.8. The molecule has 5 heteroatoms. The molecule has 2 rings (SSSR count). The Hall–Kier alpha value is 0.670. The Bertz CT molecular complexity index is 209. The summed E-state index contributed by atoms with van der Waals surface area (Å²) in [6.07, 6.45) is 0.638. The normalized spacial score (nSPS) is 6.69. The Morgan fingerprint density at radius 2 is 1.12 bits per heavy atom. The fourth-order valence-corrected chi connectivity index (χ4v) is 0.642. The van der Waals surface area contributed by atoms with Crippen molar-refractivity contribution in [1.82, 2.24) is 0 Å². The fourth-order valence-electron chi connectivity index (χ4n) is 0.642. The summed E-state index contributed by atoms with van der Waals surface area (Å²) in [5.74, 6) is 0. The number of halogens is 3. The second kappa shape index (κ2) is 21.0. The van der Waals surface area contributed by atoms with Crippen LogP contribution in [0.4, 0.5) is 0 Å². The van der Waals surface area contributed by atoms with E-state index in [1.807, 2.05) is 60.7 Å². The van der Waals surface area contributed by atoms with Gasteiger partial charge in [-0.05, 0) is 0 Å². The van der Waals surface area contributed by atoms with Crippen molar-refractivity contribution in [3.05, 3.63) is 60.7 Å². The van der Waals surface area contributed by atoms with E-state index in [-0.39, 0.29) is 24.8 Å². The molecule has 0 aromatic heterocycles. The first-order valence-electron chi connectivity index (χ1n) is 4.30. The van der Waals surface area contributed by atoms with Gasteiger partial charge in [0.15, 0.2) is 0 Å². The monoisotopic (exact) mass is 370 g/mol. The quantitative estimate of drug-likeness (QED) is 0.406. The third kappa shape index (κ3) is 20.1. The smallest absolute Gasteiger partial charge is 0.172 e. The summed E-state index contributed by atoms with van der Waals surface area (Å²) in [4.78, 5) is 0. The molecule has 16 heavy (non-hydrogen) atoms. The molecule has 0 nitrogen and oxygen atoms in total. The van der Waals surface area contributed by atoms with Gasteiger partial charge >= 0.3 is 46.6 Å². The van der Waals surface area contributed by atoms with E-state index in [0.717, 1.165) is 5.50 Å². The Kier molecular flexibility index (Phi) is 28.8. The molecule has 0 unspecified atom stereocenters. The standard InChI is InChI=1S/2C5H5.CH3ClSi.2ClH.Zr/c2*1-2-4-5-3-1;2-1-3;;;/h2*1-5H;3H,1H2;2*1H;/q2*-1;;;;+2. The third-order valence-corrected chi connectivity index (χ3v) is 5.22. The van der Waals surface area contributed by atoms with Gasteiger partial charge in [0.05, 0.1) is 0 Å². The van der Waals surface area contributed by atoms with Crippen LogP contribution < -0.4 is 0 Å². The molecule has 0 aliphatic carbocycles. The second-order valence-corrected chi connectivity index (χ2v) is 6.94. The average Bonchev–Trinajstić information content (AvgIpc) is 2.94. The zero-order valence-electron chi connectivity index (χ0n) is 8.75. The number of alkyl halides is 1. The summed E-state index contributed by atoms with van der Waals surface area (Å²) in [6, 6.07) is 20.0. The summed E-state index contributed by atoms with van der Waals surface area (Å²) in [5.41, 5.74) is 0.915. The maximum absolute atomic E-state index is 5.25. The van der Waals surface area contributed by atoms with Gasteiger partial charge in [0.1, 0.15) is 0 Å². The van der Waals surface area contributed by atoms with E-state index in [0.29, 0.717) is 6.16 Å². The molecule has 0 bridgehead atoms. The Morgan fingerprint density at radius 3 is 1.19 bits per heavy atom. The molecule has 0 fully saturated rings. The van der Waals surface area contributed by atoms with E-state index in [1.54, 1.807) is 23.3 Å². The Morgan fingerprint density at radius 1 is 0.875 bits per heavy atom. The summed E-state index contributed by atoms with van der Waals surface area (Å²) in [5, 5.41) is 0. The van der Waals surface area contributed by atoms with Gasteiger partial charge in [-0.2, -0.15) is 36.4 Å². The number of hydrogen-bond donors (Lipinski definition) is 0. The van der Waals surface area contributed by atoms with Gasteiger partial charge in [-0.3, -0.25) is 0 Å². The molecule has 0 spiro atoms. The van der Waals surface area contributed by atoms with Crippen molar-refractivity contribution in [1.29, 1.82) is 0 Å². The van der Waals surface area contributed by atoms with E-state index < -0.39 is 0 Å². The van der Waals surface area contributed by atoms with E-state index in [4.69, 9.17) is 11.6 Å². The maximum atomic E-state index is 5.25. The largest absolute Gasteiger partial charge is 0.214 e. The molecule has 2 aromatic rings. The van der Waals surface area contributed by atoms with Gasteiger partial charge in [0, 0.05) is 0 Å². The van der Waals surface area contributed by atoms with E-state index in [9.17, 15) is 0 Å². The van der Waals surface area contributed by atoms with E-state index in [2.05, 4.69) is 0 Å². The molecule has 0 aliphatic rings. The molecule has 0 heterocycles. The first-order chi connectivity index (χ1) is 6.91. The van der Waals surface area contributed by atoms with Crippen LogP contribution in [0, 0.1) is 0 Å².